The number of para-hydroxylation sites is 1. The second-order valence-electron chi connectivity index (χ2n) is 14.4. The Kier molecular flexibility index (Phi) is 7.56. The maximum absolute atomic E-state index is 6.75. The number of fused-ring (bicyclic) bond motifs is 6. The average Bonchev–Trinajstić information content (AvgIpc) is 3.81. The third-order valence-corrected chi connectivity index (χ3v) is 11.0. The number of allylic oxidation sites excluding steroid dienone is 4. The Hall–Kier alpha value is -7.37. The van der Waals surface area contributed by atoms with E-state index in [0.29, 0.717) is 17.5 Å². The molecule has 5 nitrogen and oxygen atoms in total. The van der Waals surface area contributed by atoms with Gasteiger partial charge in [0.1, 0.15) is 11.5 Å². The Morgan fingerprint density at radius 2 is 1.00 bits per heavy atom. The maximum atomic E-state index is 6.75. The van der Waals surface area contributed by atoms with Gasteiger partial charge in [-0.05, 0) is 52.9 Å². The highest BCUT2D eigenvalue weighted by molar-refractivity contribution is 6.11. The van der Waals surface area contributed by atoms with Crippen LogP contribution in [0.3, 0.4) is 0 Å². The van der Waals surface area contributed by atoms with E-state index in [1.807, 2.05) is 36.4 Å². The van der Waals surface area contributed by atoms with Crippen LogP contribution in [-0.4, -0.2) is 19.5 Å². The quantitative estimate of drug-likeness (QED) is 0.172. The summed E-state index contributed by atoms with van der Waals surface area (Å²) in [5.74, 6) is 3.80. The number of aromatic nitrogens is 4. The largest absolute Gasteiger partial charge is 0.461 e. The predicted octanol–water partition coefficient (Wildman–Crippen LogP) is 12.6. The van der Waals surface area contributed by atoms with Crippen LogP contribution in [-0.2, 0) is 0 Å². The van der Waals surface area contributed by atoms with E-state index >= 15 is 0 Å². The van der Waals surface area contributed by atoms with E-state index in [2.05, 4.69) is 156 Å². The van der Waals surface area contributed by atoms with Crippen LogP contribution in [0.4, 0.5) is 0 Å². The van der Waals surface area contributed by atoms with E-state index < -0.39 is 0 Å². The van der Waals surface area contributed by atoms with Crippen molar-refractivity contribution in [1.29, 1.82) is 0 Å². The third kappa shape index (κ3) is 5.52. The molecule has 1 aliphatic heterocycles. The van der Waals surface area contributed by atoms with Gasteiger partial charge in [-0.2, -0.15) is 0 Å². The summed E-state index contributed by atoms with van der Waals surface area (Å²) in [5, 5.41) is 2.47. The van der Waals surface area contributed by atoms with Gasteiger partial charge in [0.15, 0.2) is 17.5 Å². The van der Waals surface area contributed by atoms with Gasteiger partial charge >= 0.3 is 0 Å². The molecule has 7 aromatic carbocycles. The zero-order valence-electron chi connectivity index (χ0n) is 30.4. The average molecular weight is 719 g/mol. The molecule has 0 saturated carbocycles. The Balaban J connectivity index is 0.970. The van der Waals surface area contributed by atoms with Gasteiger partial charge in [-0.25, -0.2) is 15.0 Å². The molecule has 5 heteroatoms. The molecule has 11 rings (SSSR count). The van der Waals surface area contributed by atoms with Crippen molar-refractivity contribution in [2.75, 3.05) is 0 Å². The van der Waals surface area contributed by atoms with Crippen LogP contribution >= 0.6 is 0 Å². The highest BCUT2D eigenvalue weighted by atomic mass is 16.5. The lowest BCUT2D eigenvalue weighted by atomic mass is 9.90. The Morgan fingerprint density at radius 3 is 1.73 bits per heavy atom. The van der Waals surface area contributed by atoms with Gasteiger partial charge < -0.3 is 9.30 Å². The van der Waals surface area contributed by atoms with Gasteiger partial charge in [-0.1, -0.05) is 158 Å². The van der Waals surface area contributed by atoms with Crippen LogP contribution in [0.1, 0.15) is 17.9 Å². The van der Waals surface area contributed by atoms with Gasteiger partial charge in [-0.15, -0.1) is 0 Å². The zero-order chi connectivity index (χ0) is 37.0. The molecule has 0 N–H and O–H groups in total. The first-order valence-electron chi connectivity index (χ1n) is 19.0. The van der Waals surface area contributed by atoms with Gasteiger partial charge in [0.05, 0.1) is 11.0 Å². The van der Waals surface area contributed by atoms with E-state index in [4.69, 9.17) is 19.7 Å². The van der Waals surface area contributed by atoms with E-state index in [1.165, 1.54) is 38.5 Å². The van der Waals surface area contributed by atoms with Crippen molar-refractivity contribution in [3.63, 3.8) is 0 Å². The number of hydrogen-bond donors (Lipinski definition) is 0. The molecule has 3 heterocycles. The van der Waals surface area contributed by atoms with Crippen LogP contribution in [0, 0.1) is 0 Å². The predicted molar refractivity (Wildman–Crippen MR) is 227 cm³/mol. The van der Waals surface area contributed by atoms with Crippen LogP contribution in [0.15, 0.2) is 194 Å². The molecule has 0 bridgehead atoms. The molecule has 0 fully saturated rings. The monoisotopic (exact) mass is 718 g/mol. The van der Waals surface area contributed by atoms with Gasteiger partial charge in [0.25, 0.3) is 0 Å². The van der Waals surface area contributed by atoms with Crippen LogP contribution in [0.25, 0.3) is 83.9 Å². The molecule has 2 aromatic heterocycles. The van der Waals surface area contributed by atoms with Gasteiger partial charge in [0.2, 0.25) is 0 Å². The maximum Gasteiger partial charge on any atom is 0.164 e. The SMILES string of the molecule is C1=C2Oc3cc(-c4nc(-c5ccccc5)nc(-c5cccc(-c6ccccc6)c5)n4)ccc3C2CC=C1n1c2ccccc2c2ccc(-c3ccccc3)cc21. The summed E-state index contributed by atoms with van der Waals surface area (Å²) >= 11 is 0. The summed E-state index contributed by atoms with van der Waals surface area (Å²) in [4.78, 5) is 15.1. The van der Waals surface area contributed by atoms with E-state index in [0.717, 1.165) is 51.4 Å². The Labute approximate surface area is 324 Å². The molecule has 264 valence electrons. The number of benzene rings is 7. The number of ether oxygens (including phenoxy) is 1. The lowest BCUT2D eigenvalue weighted by molar-refractivity contribution is 0.425. The van der Waals surface area contributed by atoms with E-state index in [-0.39, 0.29) is 5.92 Å². The van der Waals surface area contributed by atoms with Crippen molar-refractivity contribution in [3.8, 4) is 62.2 Å². The Bertz CT molecular complexity index is 3020. The molecule has 0 saturated heterocycles. The summed E-state index contributed by atoms with van der Waals surface area (Å²) in [6.07, 6.45) is 5.42. The first kappa shape index (κ1) is 32.1. The molecule has 0 spiro atoms. The number of rotatable bonds is 6. The molecule has 1 atom stereocenters. The van der Waals surface area contributed by atoms with Crippen LogP contribution in [0.5, 0.6) is 5.75 Å². The van der Waals surface area contributed by atoms with Crippen molar-refractivity contribution >= 4 is 27.5 Å². The van der Waals surface area contributed by atoms with E-state index in [1.54, 1.807) is 0 Å². The van der Waals surface area contributed by atoms with E-state index in [9.17, 15) is 0 Å². The summed E-state index contributed by atoms with van der Waals surface area (Å²) in [7, 11) is 0. The Morgan fingerprint density at radius 1 is 0.446 bits per heavy atom. The minimum atomic E-state index is 0.144. The van der Waals surface area contributed by atoms with Crippen molar-refractivity contribution in [2.45, 2.75) is 12.3 Å². The summed E-state index contributed by atoms with van der Waals surface area (Å²) in [5.41, 5.74) is 12.1. The molecule has 1 aliphatic carbocycles. The van der Waals surface area contributed by atoms with Crippen molar-refractivity contribution in [3.05, 3.63) is 199 Å². The van der Waals surface area contributed by atoms with Crippen molar-refractivity contribution in [2.24, 2.45) is 0 Å². The highest BCUT2D eigenvalue weighted by Crippen LogP contribution is 2.48. The second-order valence-corrected chi connectivity index (χ2v) is 14.4. The van der Waals surface area contributed by atoms with Crippen molar-refractivity contribution < 1.29 is 4.74 Å². The fraction of sp³-hybridized carbons (Fsp3) is 0.0392. The molecule has 2 aliphatic rings. The first-order chi connectivity index (χ1) is 27.7. The summed E-state index contributed by atoms with van der Waals surface area (Å²) in [6, 6.07) is 61.3. The zero-order valence-corrected chi connectivity index (χ0v) is 30.4. The highest BCUT2D eigenvalue weighted by Gasteiger charge is 2.32. The van der Waals surface area contributed by atoms with Gasteiger partial charge in [0, 0.05) is 50.7 Å². The lowest BCUT2D eigenvalue weighted by Crippen LogP contribution is -2.06. The normalized spacial score (nSPS) is 14.5. The number of hydrogen-bond acceptors (Lipinski definition) is 4. The van der Waals surface area contributed by atoms with Crippen LogP contribution < -0.4 is 4.74 Å². The minimum Gasteiger partial charge on any atom is -0.461 e. The van der Waals surface area contributed by atoms with Gasteiger partial charge in [-0.3, -0.25) is 0 Å². The molecular formula is C51H34N4O. The molecule has 56 heavy (non-hydrogen) atoms. The second kappa shape index (κ2) is 13.2. The smallest absolute Gasteiger partial charge is 0.164 e. The molecule has 9 aromatic rings. The summed E-state index contributed by atoms with van der Waals surface area (Å²) in [6.45, 7) is 0. The topological polar surface area (TPSA) is 52.8 Å². The lowest BCUT2D eigenvalue weighted by Gasteiger charge is -2.18. The minimum absolute atomic E-state index is 0.144. The molecule has 0 radical (unpaired) electrons. The molecule has 0 amide bonds. The fourth-order valence-electron chi connectivity index (χ4n) is 8.25. The molecule has 1 unspecified atom stereocenters. The standard InChI is InChI=1S/C51H34N4O/c1-4-13-33(14-5-1)36-19-12-20-38(29-36)50-52-49(35-17-8-3-9-18-35)53-51(54-50)39-24-27-43-44-28-25-40(32-48(44)56-47(43)31-39)55-45-22-11-10-21-41(45)42-26-23-37(30-46(42)55)34-15-6-2-7-16-34/h1-27,29-32,44H,28H2. The third-order valence-electron chi connectivity index (χ3n) is 11.0. The van der Waals surface area contributed by atoms with Crippen LogP contribution in [0.2, 0.25) is 0 Å². The molecular weight excluding hydrogens is 685 g/mol. The summed E-state index contributed by atoms with van der Waals surface area (Å²) < 4.78 is 9.14. The van der Waals surface area contributed by atoms with Crippen molar-refractivity contribution in [1.82, 2.24) is 19.5 Å². The number of nitrogens with zero attached hydrogens (tertiary/aromatic N) is 4. The first-order valence-corrected chi connectivity index (χ1v) is 19.0. The fourth-order valence-corrected chi connectivity index (χ4v) is 8.25.